The maximum atomic E-state index is 11.2. The number of primary sulfonamides is 1. The van der Waals surface area contributed by atoms with Gasteiger partial charge >= 0.3 is 0 Å². The molecular weight excluding hydrogens is 242 g/mol. The van der Waals surface area contributed by atoms with Gasteiger partial charge in [-0.15, -0.1) is 0 Å². The van der Waals surface area contributed by atoms with E-state index >= 15 is 0 Å². The van der Waals surface area contributed by atoms with E-state index in [2.05, 4.69) is 5.32 Å². The van der Waals surface area contributed by atoms with Crippen molar-refractivity contribution in [1.29, 1.82) is 0 Å². The third kappa shape index (κ3) is 3.88. The summed E-state index contributed by atoms with van der Waals surface area (Å²) in [5, 5.41) is 8.03. The molecule has 0 aliphatic heterocycles. The van der Waals surface area contributed by atoms with Crippen LogP contribution in [0.1, 0.15) is 6.92 Å². The first-order chi connectivity index (χ1) is 7.96. The van der Waals surface area contributed by atoms with Crippen LogP contribution in [0.2, 0.25) is 0 Å². The summed E-state index contributed by atoms with van der Waals surface area (Å²) in [6.45, 7) is 3.60. The summed E-state index contributed by atoms with van der Waals surface area (Å²) in [6.07, 6.45) is 0. The van der Waals surface area contributed by atoms with Crippen LogP contribution in [-0.4, -0.2) is 28.2 Å². The van der Waals surface area contributed by atoms with Crippen molar-refractivity contribution in [2.75, 3.05) is 30.8 Å². The molecule has 6 nitrogen and oxygen atoms in total. The summed E-state index contributed by atoms with van der Waals surface area (Å²) in [5.41, 5.74) is 6.39. The van der Waals surface area contributed by atoms with Crippen molar-refractivity contribution in [1.82, 2.24) is 0 Å². The summed E-state index contributed by atoms with van der Waals surface area (Å²) in [5.74, 6) is 0. The molecule has 0 atom stereocenters. The van der Waals surface area contributed by atoms with Crippen molar-refractivity contribution >= 4 is 21.4 Å². The number of para-hydroxylation sites is 1. The molecule has 0 amide bonds. The molecule has 1 aromatic carbocycles. The van der Waals surface area contributed by atoms with Gasteiger partial charge in [0.2, 0.25) is 10.0 Å². The highest BCUT2D eigenvalue weighted by molar-refractivity contribution is 7.89. The molecule has 0 saturated carbocycles. The Labute approximate surface area is 101 Å². The highest BCUT2D eigenvalue weighted by atomic mass is 32.2. The maximum Gasteiger partial charge on any atom is 0.240 e. The normalized spacial score (nSPS) is 11.4. The molecule has 0 heterocycles. The lowest BCUT2D eigenvalue weighted by Crippen LogP contribution is -2.16. The number of nitrogen functional groups attached to an aromatic ring is 1. The molecule has 0 radical (unpaired) electrons. The fourth-order valence-corrected chi connectivity index (χ4v) is 2.03. The van der Waals surface area contributed by atoms with Crippen molar-refractivity contribution in [3.63, 3.8) is 0 Å². The van der Waals surface area contributed by atoms with Crippen LogP contribution in [0.3, 0.4) is 0 Å². The van der Waals surface area contributed by atoms with Crippen LogP contribution in [0, 0.1) is 0 Å². The molecule has 1 aromatic rings. The number of sulfonamides is 1. The van der Waals surface area contributed by atoms with Crippen molar-refractivity contribution in [3.05, 3.63) is 18.2 Å². The molecule has 7 heteroatoms. The average Bonchev–Trinajstić information content (AvgIpc) is 2.25. The minimum atomic E-state index is -3.79. The van der Waals surface area contributed by atoms with Crippen LogP contribution in [-0.2, 0) is 14.8 Å². The molecule has 5 N–H and O–H groups in total. The SMILES string of the molecule is CCOCCNc1cccc(S(N)(=O)=O)c1N. The van der Waals surface area contributed by atoms with E-state index in [1.54, 1.807) is 12.1 Å². The van der Waals surface area contributed by atoms with Gasteiger partial charge in [-0.1, -0.05) is 6.07 Å². The quantitative estimate of drug-likeness (QED) is 0.505. The number of hydrogen-bond acceptors (Lipinski definition) is 5. The van der Waals surface area contributed by atoms with Crippen molar-refractivity contribution < 1.29 is 13.2 Å². The first-order valence-electron chi connectivity index (χ1n) is 5.19. The molecule has 1 rings (SSSR count). The third-order valence-electron chi connectivity index (χ3n) is 2.14. The zero-order valence-electron chi connectivity index (χ0n) is 9.64. The summed E-state index contributed by atoms with van der Waals surface area (Å²) in [7, 11) is -3.79. The molecule has 0 spiro atoms. The monoisotopic (exact) mass is 259 g/mol. The lowest BCUT2D eigenvalue weighted by atomic mass is 10.2. The zero-order valence-corrected chi connectivity index (χ0v) is 10.5. The number of benzene rings is 1. The van der Waals surface area contributed by atoms with Crippen molar-refractivity contribution in [3.8, 4) is 0 Å². The number of ether oxygens (including phenoxy) is 1. The number of hydrogen-bond donors (Lipinski definition) is 3. The van der Waals surface area contributed by atoms with E-state index in [1.807, 2.05) is 6.92 Å². The minimum absolute atomic E-state index is 0.0705. The molecule has 0 bridgehead atoms. The van der Waals surface area contributed by atoms with Crippen molar-refractivity contribution in [2.24, 2.45) is 5.14 Å². The third-order valence-corrected chi connectivity index (χ3v) is 3.11. The second-order valence-corrected chi connectivity index (χ2v) is 4.92. The topological polar surface area (TPSA) is 107 Å². The van der Waals surface area contributed by atoms with E-state index in [-0.39, 0.29) is 10.6 Å². The predicted molar refractivity (Wildman–Crippen MR) is 67.2 cm³/mol. The first kappa shape index (κ1) is 13.8. The van der Waals surface area contributed by atoms with Crippen LogP contribution in [0.15, 0.2) is 23.1 Å². The lowest BCUT2D eigenvalue weighted by molar-refractivity contribution is 0.158. The van der Waals surface area contributed by atoms with Crippen LogP contribution in [0.5, 0.6) is 0 Å². The highest BCUT2D eigenvalue weighted by Gasteiger charge is 2.14. The van der Waals surface area contributed by atoms with Crippen LogP contribution in [0.25, 0.3) is 0 Å². The molecular formula is C10H17N3O3S. The van der Waals surface area contributed by atoms with E-state index < -0.39 is 10.0 Å². The summed E-state index contributed by atoms with van der Waals surface area (Å²) in [6, 6.07) is 4.65. The summed E-state index contributed by atoms with van der Waals surface area (Å²) < 4.78 is 27.6. The standard InChI is InChI=1S/C10H17N3O3S/c1-2-16-7-6-13-8-4-3-5-9(10(8)11)17(12,14)15/h3-5,13H,2,6-7,11H2,1H3,(H2,12,14,15). The second-order valence-electron chi connectivity index (χ2n) is 3.39. The van der Waals surface area contributed by atoms with Gasteiger partial charge in [0.1, 0.15) is 4.90 Å². The molecule has 96 valence electrons. The Morgan fingerprint density at radius 3 is 2.71 bits per heavy atom. The summed E-state index contributed by atoms with van der Waals surface area (Å²) in [4.78, 5) is -0.0705. The minimum Gasteiger partial charge on any atom is -0.396 e. The Kier molecular flexibility index (Phi) is 4.73. The van der Waals surface area contributed by atoms with Gasteiger partial charge in [0.25, 0.3) is 0 Å². The Morgan fingerprint density at radius 1 is 1.41 bits per heavy atom. The largest absolute Gasteiger partial charge is 0.396 e. The van der Waals surface area contributed by atoms with Crippen LogP contribution >= 0.6 is 0 Å². The zero-order chi connectivity index (χ0) is 12.9. The molecule has 0 aliphatic carbocycles. The van der Waals surface area contributed by atoms with Gasteiger partial charge in [-0.05, 0) is 19.1 Å². The molecule has 0 aromatic heterocycles. The van der Waals surface area contributed by atoms with Gasteiger partial charge in [0.05, 0.1) is 18.0 Å². The highest BCUT2D eigenvalue weighted by Crippen LogP contribution is 2.25. The summed E-state index contributed by atoms with van der Waals surface area (Å²) >= 11 is 0. The maximum absolute atomic E-state index is 11.2. The van der Waals surface area contributed by atoms with Gasteiger partial charge in [0, 0.05) is 13.2 Å². The van der Waals surface area contributed by atoms with Crippen molar-refractivity contribution in [2.45, 2.75) is 11.8 Å². The first-order valence-corrected chi connectivity index (χ1v) is 6.74. The smallest absolute Gasteiger partial charge is 0.240 e. The Morgan fingerprint density at radius 2 is 2.12 bits per heavy atom. The Bertz CT molecular complexity index is 474. The van der Waals surface area contributed by atoms with E-state index in [0.717, 1.165) is 0 Å². The van der Waals surface area contributed by atoms with Gasteiger partial charge in [0.15, 0.2) is 0 Å². The average molecular weight is 259 g/mol. The van der Waals surface area contributed by atoms with E-state index in [4.69, 9.17) is 15.6 Å². The lowest BCUT2D eigenvalue weighted by Gasteiger charge is -2.11. The molecule has 0 aliphatic rings. The molecule has 17 heavy (non-hydrogen) atoms. The van der Waals surface area contributed by atoms with E-state index in [1.165, 1.54) is 6.07 Å². The molecule has 0 unspecified atom stereocenters. The Balaban J connectivity index is 2.81. The number of rotatable bonds is 6. The van der Waals surface area contributed by atoms with Gasteiger partial charge < -0.3 is 15.8 Å². The fourth-order valence-electron chi connectivity index (χ4n) is 1.35. The van der Waals surface area contributed by atoms with Crippen LogP contribution < -0.4 is 16.2 Å². The molecule has 0 fully saturated rings. The van der Waals surface area contributed by atoms with E-state index in [9.17, 15) is 8.42 Å². The number of nitrogens with two attached hydrogens (primary N) is 2. The van der Waals surface area contributed by atoms with E-state index in [0.29, 0.717) is 25.4 Å². The molecule has 0 saturated heterocycles. The number of anilines is 2. The van der Waals surface area contributed by atoms with Gasteiger partial charge in [-0.3, -0.25) is 0 Å². The predicted octanol–water partition coefficient (Wildman–Crippen LogP) is 0.365. The van der Waals surface area contributed by atoms with Crippen LogP contribution in [0.4, 0.5) is 11.4 Å². The Hall–Kier alpha value is -1.31. The number of nitrogens with one attached hydrogen (secondary N) is 1. The fraction of sp³-hybridized carbons (Fsp3) is 0.400. The van der Waals surface area contributed by atoms with Gasteiger partial charge in [-0.25, -0.2) is 13.6 Å². The second kappa shape index (κ2) is 5.85. The van der Waals surface area contributed by atoms with Gasteiger partial charge in [-0.2, -0.15) is 0 Å².